The zero-order chi connectivity index (χ0) is 18.7. The Balaban J connectivity index is 1.74. The van der Waals surface area contributed by atoms with Gasteiger partial charge in [0.25, 0.3) is 10.2 Å². The van der Waals surface area contributed by atoms with Crippen molar-refractivity contribution in [3.63, 3.8) is 0 Å². The molecule has 0 aliphatic carbocycles. The largest absolute Gasteiger partial charge is 0.281 e. The molecule has 2 aromatic rings. The topological polar surface area (TPSA) is 84.2 Å². The van der Waals surface area contributed by atoms with Gasteiger partial charge in [-0.25, -0.2) is 9.97 Å². The summed E-state index contributed by atoms with van der Waals surface area (Å²) in [4.78, 5) is 8.78. The summed E-state index contributed by atoms with van der Waals surface area (Å²) in [7, 11) is -0.204. The molecule has 3 heterocycles. The smallest absolute Gasteiger partial charge is 0.264 e. The zero-order valence-electron chi connectivity index (χ0n) is 15.5. The van der Waals surface area contributed by atoms with Gasteiger partial charge < -0.3 is 0 Å². The van der Waals surface area contributed by atoms with Gasteiger partial charge in [-0.15, -0.1) is 0 Å². The first-order chi connectivity index (χ1) is 12.4. The number of hydrogen-bond acceptors (Lipinski definition) is 5. The van der Waals surface area contributed by atoms with Crippen LogP contribution in [0.5, 0.6) is 0 Å². The first kappa shape index (κ1) is 18.9. The van der Waals surface area contributed by atoms with Gasteiger partial charge in [0.15, 0.2) is 0 Å². The first-order valence-corrected chi connectivity index (χ1v) is 10.3. The molecule has 0 bridgehead atoms. The van der Waals surface area contributed by atoms with Gasteiger partial charge >= 0.3 is 0 Å². The van der Waals surface area contributed by atoms with Gasteiger partial charge in [0.05, 0.1) is 11.4 Å². The standard InChI is InChI=1S/C17H26N6O2S/c1-4-23-17(7-8-20-23)16-11-15(18-13-19-16)10-14-6-5-9-22(12-14)26(24,25)21(2)3/h7-8,11,13-14H,4-6,9-10,12H2,1-3H3. The summed E-state index contributed by atoms with van der Waals surface area (Å²) < 4.78 is 29.5. The molecule has 0 spiro atoms. The fourth-order valence-electron chi connectivity index (χ4n) is 3.38. The van der Waals surface area contributed by atoms with Crippen LogP contribution in [0.25, 0.3) is 11.4 Å². The average Bonchev–Trinajstić information content (AvgIpc) is 3.11. The van der Waals surface area contributed by atoms with Crippen molar-refractivity contribution in [1.29, 1.82) is 0 Å². The Morgan fingerprint density at radius 3 is 2.85 bits per heavy atom. The quantitative estimate of drug-likeness (QED) is 0.759. The van der Waals surface area contributed by atoms with Crippen molar-refractivity contribution in [2.24, 2.45) is 5.92 Å². The van der Waals surface area contributed by atoms with Crippen molar-refractivity contribution in [1.82, 2.24) is 28.4 Å². The highest BCUT2D eigenvalue weighted by molar-refractivity contribution is 7.86. The number of aromatic nitrogens is 4. The fraction of sp³-hybridized carbons (Fsp3) is 0.588. The van der Waals surface area contributed by atoms with Crippen molar-refractivity contribution >= 4 is 10.2 Å². The number of aryl methyl sites for hydroxylation is 1. The monoisotopic (exact) mass is 378 g/mol. The van der Waals surface area contributed by atoms with Crippen LogP contribution in [0.4, 0.5) is 0 Å². The third kappa shape index (κ3) is 3.94. The third-order valence-electron chi connectivity index (χ3n) is 4.77. The molecule has 26 heavy (non-hydrogen) atoms. The minimum Gasteiger partial charge on any atom is -0.264 e. The van der Waals surface area contributed by atoms with Gasteiger partial charge in [0, 0.05) is 45.6 Å². The Hall–Kier alpha value is -1.84. The molecule has 0 radical (unpaired) electrons. The minimum absolute atomic E-state index is 0.261. The molecule has 9 heteroatoms. The van der Waals surface area contributed by atoms with Crippen LogP contribution in [0.1, 0.15) is 25.5 Å². The number of nitrogens with zero attached hydrogens (tertiary/aromatic N) is 6. The van der Waals surface area contributed by atoms with Crippen molar-refractivity contribution in [2.75, 3.05) is 27.2 Å². The highest BCUT2D eigenvalue weighted by atomic mass is 32.2. The summed E-state index contributed by atoms with van der Waals surface area (Å²) in [6, 6.07) is 3.93. The molecule has 0 saturated carbocycles. The maximum Gasteiger partial charge on any atom is 0.281 e. The van der Waals surface area contributed by atoms with Crippen LogP contribution < -0.4 is 0 Å². The number of piperidine rings is 1. The third-order valence-corrected chi connectivity index (χ3v) is 6.68. The molecule has 0 N–H and O–H groups in total. The molecule has 1 aliphatic heterocycles. The maximum atomic E-state index is 12.4. The second-order valence-corrected chi connectivity index (χ2v) is 8.93. The lowest BCUT2D eigenvalue weighted by Gasteiger charge is -2.33. The molecule has 8 nitrogen and oxygen atoms in total. The molecular formula is C17H26N6O2S. The molecule has 1 aliphatic rings. The van der Waals surface area contributed by atoms with E-state index in [9.17, 15) is 8.42 Å². The molecule has 1 saturated heterocycles. The van der Waals surface area contributed by atoms with Gasteiger partial charge in [-0.2, -0.15) is 22.1 Å². The highest BCUT2D eigenvalue weighted by Crippen LogP contribution is 2.24. The highest BCUT2D eigenvalue weighted by Gasteiger charge is 2.30. The van der Waals surface area contributed by atoms with Crippen LogP contribution in [0.15, 0.2) is 24.7 Å². The maximum absolute atomic E-state index is 12.4. The van der Waals surface area contributed by atoms with Crippen molar-refractivity contribution < 1.29 is 8.42 Å². The SMILES string of the molecule is CCn1nccc1-c1cc(CC2CCCN(S(=O)(=O)N(C)C)C2)ncn1. The van der Waals surface area contributed by atoms with E-state index in [0.717, 1.165) is 42.9 Å². The fourth-order valence-corrected chi connectivity index (χ4v) is 4.60. The average molecular weight is 379 g/mol. The van der Waals surface area contributed by atoms with Crippen LogP contribution in [0.3, 0.4) is 0 Å². The van der Waals surface area contributed by atoms with E-state index in [-0.39, 0.29) is 5.92 Å². The van der Waals surface area contributed by atoms with E-state index in [1.165, 1.54) is 4.31 Å². The summed E-state index contributed by atoms with van der Waals surface area (Å²) in [5.74, 6) is 0.261. The van der Waals surface area contributed by atoms with Gasteiger partial charge in [0.2, 0.25) is 0 Å². The van der Waals surface area contributed by atoms with Gasteiger partial charge in [-0.3, -0.25) is 4.68 Å². The van der Waals surface area contributed by atoms with E-state index in [4.69, 9.17) is 0 Å². The lowest BCUT2D eigenvalue weighted by Crippen LogP contribution is -2.45. The molecule has 1 fully saturated rings. The molecule has 3 rings (SSSR count). The second-order valence-electron chi connectivity index (χ2n) is 6.79. The summed E-state index contributed by atoms with van der Waals surface area (Å²) >= 11 is 0. The predicted molar refractivity (Wildman–Crippen MR) is 99.5 cm³/mol. The van der Waals surface area contributed by atoms with Gasteiger partial charge in [0.1, 0.15) is 6.33 Å². The Morgan fingerprint density at radius 1 is 1.31 bits per heavy atom. The first-order valence-electron chi connectivity index (χ1n) is 8.92. The van der Waals surface area contributed by atoms with Crippen LogP contribution >= 0.6 is 0 Å². The molecule has 2 aromatic heterocycles. The number of hydrogen-bond donors (Lipinski definition) is 0. The summed E-state index contributed by atoms with van der Waals surface area (Å²) in [5.41, 5.74) is 2.76. The van der Waals surface area contributed by atoms with Crippen LogP contribution in [0.2, 0.25) is 0 Å². The zero-order valence-corrected chi connectivity index (χ0v) is 16.4. The number of rotatable bonds is 6. The summed E-state index contributed by atoms with van der Waals surface area (Å²) in [6.07, 6.45) is 5.97. The Kier molecular flexibility index (Phi) is 5.69. The normalized spacial score (nSPS) is 19.2. The minimum atomic E-state index is -3.36. The van der Waals surface area contributed by atoms with E-state index in [2.05, 4.69) is 15.1 Å². The van der Waals surface area contributed by atoms with Crippen molar-refractivity contribution in [2.45, 2.75) is 32.7 Å². The predicted octanol–water partition coefficient (Wildman–Crippen LogP) is 1.42. The summed E-state index contributed by atoms with van der Waals surface area (Å²) in [6.45, 7) is 3.94. The van der Waals surface area contributed by atoms with Gasteiger partial charge in [-0.05, 0) is 44.2 Å². The Morgan fingerprint density at radius 2 is 2.12 bits per heavy atom. The molecule has 1 unspecified atom stereocenters. The Labute approximate surface area is 155 Å². The van der Waals surface area contributed by atoms with Crippen LogP contribution in [0, 0.1) is 5.92 Å². The molecule has 0 amide bonds. The second kappa shape index (κ2) is 7.81. The van der Waals surface area contributed by atoms with Crippen LogP contribution in [-0.4, -0.2) is 64.0 Å². The molecule has 1 atom stereocenters. The van der Waals surface area contributed by atoms with Crippen molar-refractivity contribution in [3.8, 4) is 11.4 Å². The van der Waals surface area contributed by atoms with E-state index in [1.54, 1.807) is 30.9 Å². The Bertz CT molecular complexity index is 848. The summed E-state index contributed by atoms with van der Waals surface area (Å²) in [5, 5.41) is 4.29. The lowest BCUT2D eigenvalue weighted by molar-refractivity contribution is 0.253. The van der Waals surface area contributed by atoms with E-state index in [1.807, 2.05) is 23.7 Å². The molecule has 0 aromatic carbocycles. The molecule has 142 valence electrons. The van der Waals surface area contributed by atoms with E-state index < -0.39 is 10.2 Å². The van der Waals surface area contributed by atoms with E-state index in [0.29, 0.717) is 13.1 Å². The molecular weight excluding hydrogens is 352 g/mol. The van der Waals surface area contributed by atoms with Gasteiger partial charge in [-0.1, -0.05) is 0 Å². The lowest BCUT2D eigenvalue weighted by atomic mass is 9.94. The van der Waals surface area contributed by atoms with E-state index >= 15 is 0 Å². The van der Waals surface area contributed by atoms with Crippen molar-refractivity contribution in [3.05, 3.63) is 30.4 Å². The van der Waals surface area contributed by atoms with Crippen LogP contribution in [-0.2, 0) is 23.2 Å².